The summed E-state index contributed by atoms with van der Waals surface area (Å²) in [5, 5.41) is 3.05. The summed E-state index contributed by atoms with van der Waals surface area (Å²) in [5.41, 5.74) is 0.708. The molecule has 0 atom stereocenters. The molecule has 1 amide bonds. The molecule has 2 aromatic rings. The van der Waals surface area contributed by atoms with E-state index in [1.165, 1.54) is 42.5 Å². The van der Waals surface area contributed by atoms with Crippen LogP contribution in [-0.2, 0) is 14.8 Å². The first-order valence-electron chi connectivity index (χ1n) is 6.83. The van der Waals surface area contributed by atoms with E-state index in [0.29, 0.717) is 10.7 Å². The van der Waals surface area contributed by atoms with Crippen LogP contribution in [0.3, 0.4) is 0 Å². The lowest BCUT2D eigenvalue weighted by molar-refractivity contribution is 0.168. The Morgan fingerprint density at radius 1 is 1.04 bits per heavy atom. The first-order chi connectivity index (χ1) is 11.3. The second-order valence-corrected chi connectivity index (χ2v) is 7.10. The Morgan fingerprint density at radius 3 is 2.25 bits per heavy atom. The van der Waals surface area contributed by atoms with E-state index in [0.717, 1.165) is 0 Å². The SMILES string of the molecule is CCOC(=O)Nc1ccc(S(=O)(=O)Nc2ccc(Cl)c(Cl)c2)cc1. The van der Waals surface area contributed by atoms with Crippen LogP contribution in [0.15, 0.2) is 47.4 Å². The first kappa shape index (κ1) is 18.4. The highest BCUT2D eigenvalue weighted by atomic mass is 35.5. The van der Waals surface area contributed by atoms with Gasteiger partial charge in [0, 0.05) is 5.69 Å². The van der Waals surface area contributed by atoms with Crippen LogP contribution >= 0.6 is 23.2 Å². The van der Waals surface area contributed by atoms with Gasteiger partial charge in [0.15, 0.2) is 0 Å². The molecule has 0 aliphatic carbocycles. The minimum absolute atomic E-state index is 0.0305. The lowest BCUT2D eigenvalue weighted by Crippen LogP contribution is -2.14. The lowest BCUT2D eigenvalue weighted by atomic mass is 10.3. The largest absolute Gasteiger partial charge is 0.450 e. The van der Waals surface area contributed by atoms with E-state index in [1.54, 1.807) is 6.92 Å². The molecule has 0 aromatic heterocycles. The minimum atomic E-state index is -3.79. The van der Waals surface area contributed by atoms with Crippen LogP contribution in [0.25, 0.3) is 0 Å². The predicted octanol–water partition coefficient (Wildman–Crippen LogP) is 4.36. The molecule has 0 aliphatic heterocycles. The zero-order valence-corrected chi connectivity index (χ0v) is 14.9. The summed E-state index contributed by atoms with van der Waals surface area (Å²) in [6.07, 6.45) is -0.609. The van der Waals surface area contributed by atoms with E-state index < -0.39 is 16.1 Å². The highest BCUT2D eigenvalue weighted by molar-refractivity contribution is 7.92. The molecule has 0 radical (unpaired) electrons. The topological polar surface area (TPSA) is 84.5 Å². The number of amides is 1. The van der Waals surface area contributed by atoms with Crippen molar-refractivity contribution < 1.29 is 17.9 Å². The summed E-state index contributed by atoms with van der Waals surface area (Å²) in [6.45, 7) is 1.93. The van der Waals surface area contributed by atoms with Crippen molar-refractivity contribution in [2.45, 2.75) is 11.8 Å². The van der Waals surface area contributed by atoms with Crippen LogP contribution in [0.5, 0.6) is 0 Å². The van der Waals surface area contributed by atoms with Gasteiger partial charge in [0.05, 0.1) is 27.2 Å². The number of rotatable bonds is 5. The van der Waals surface area contributed by atoms with Gasteiger partial charge in [-0.1, -0.05) is 23.2 Å². The third-order valence-electron chi connectivity index (χ3n) is 2.86. The highest BCUT2D eigenvalue weighted by Gasteiger charge is 2.15. The number of anilines is 2. The number of hydrogen-bond acceptors (Lipinski definition) is 4. The molecule has 2 aromatic carbocycles. The Hall–Kier alpha value is -1.96. The van der Waals surface area contributed by atoms with Crippen LogP contribution in [0.2, 0.25) is 10.0 Å². The Morgan fingerprint density at radius 2 is 1.67 bits per heavy atom. The van der Waals surface area contributed by atoms with Gasteiger partial charge in [-0.3, -0.25) is 10.0 Å². The minimum Gasteiger partial charge on any atom is -0.450 e. The van der Waals surface area contributed by atoms with Gasteiger partial charge >= 0.3 is 6.09 Å². The van der Waals surface area contributed by atoms with Crippen molar-refractivity contribution in [1.29, 1.82) is 0 Å². The van der Waals surface area contributed by atoms with Crippen LogP contribution in [-0.4, -0.2) is 21.1 Å². The van der Waals surface area contributed by atoms with Crippen LogP contribution < -0.4 is 10.0 Å². The number of ether oxygens (including phenoxy) is 1. The van der Waals surface area contributed by atoms with Gasteiger partial charge in [0.2, 0.25) is 0 Å². The average Bonchev–Trinajstić information content (AvgIpc) is 2.51. The fraction of sp³-hybridized carbons (Fsp3) is 0.133. The molecule has 0 spiro atoms. The maximum Gasteiger partial charge on any atom is 0.411 e. The zero-order chi connectivity index (χ0) is 17.7. The molecular formula is C15H14Cl2N2O4S. The van der Waals surface area contributed by atoms with Crippen LogP contribution in [0, 0.1) is 0 Å². The van der Waals surface area contributed by atoms with Gasteiger partial charge in [-0.25, -0.2) is 13.2 Å². The van der Waals surface area contributed by atoms with Gasteiger partial charge in [-0.2, -0.15) is 0 Å². The summed E-state index contributed by atoms with van der Waals surface area (Å²) >= 11 is 11.7. The van der Waals surface area contributed by atoms with E-state index in [4.69, 9.17) is 27.9 Å². The molecule has 0 bridgehead atoms. The molecule has 0 saturated heterocycles. The standard InChI is InChI=1S/C15H14Cl2N2O4S/c1-2-23-15(20)18-10-3-6-12(7-4-10)24(21,22)19-11-5-8-13(16)14(17)9-11/h3-9,19H,2H2,1H3,(H,18,20). The summed E-state index contributed by atoms with van der Waals surface area (Å²) in [4.78, 5) is 11.3. The zero-order valence-electron chi connectivity index (χ0n) is 12.5. The maximum absolute atomic E-state index is 12.3. The Balaban J connectivity index is 2.14. The molecule has 9 heteroatoms. The van der Waals surface area contributed by atoms with E-state index in [-0.39, 0.29) is 22.2 Å². The maximum atomic E-state index is 12.3. The number of nitrogens with one attached hydrogen (secondary N) is 2. The van der Waals surface area contributed by atoms with Gasteiger partial charge in [-0.05, 0) is 49.4 Å². The third-order valence-corrected chi connectivity index (χ3v) is 4.99. The first-order valence-corrected chi connectivity index (χ1v) is 9.07. The highest BCUT2D eigenvalue weighted by Crippen LogP contribution is 2.26. The van der Waals surface area contributed by atoms with Crippen LogP contribution in [0.1, 0.15) is 6.92 Å². The number of hydrogen-bond donors (Lipinski definition) is 2. The summed E-state index contributed by atoms with van der Waals surface area (Å²) in [7, 11) is -3.79. The quantitative estimate of drug-likeness (QED) is 0.796. The molecule has 0 saturated carbocycles. The average molecular weight is 389 g/mol. The number of carbonyl (C=O) groups is 1. The molecular weight excluding hydrogens is 375 g/mol. The number of halogens is 2. The molecule has 0 unspecified atom stereocenters. The van der Waals surface area contributed by atoms with E-state index >= 15 is 0 Å². The molecule has 0 aliphatic rings. The van der Waals surface area contributed by atoms with E-state index in [1.807, 2.05) is 0 Å². The number of benzene rings is 2. The molecule has 0 fully saturated rings. The Labute approximate surface area is 149 Å². The van der Waals surface area contributed by atoms with Gasteiger partial charge in [0.25, 0.3) is 10.0 Å². The lowest BCUT2D eigenvalue weighted by Gasteiger charge is -2.10. The smallest absolute Gasteiger partial charge is 0.411 e. The Kier molecular flexibility index (Phi) is 5.93. The summed E-state index contributed by atoms with van der Waals surface area (Å²) < 4.78 is 31.8. The molecule has 0 heterocycles. The molecule has 128 valence electrons. The fourth-order valence-electron chi connectivity index (χ4n) is 1.78. The van der Waals surface area contributed by atoms with Crippen molar-refractivity contribution >= 4 is 50.7 Å². The second-order valence-electron chi connectivity index (χ2n) is 4.60. The normalized spacial score (nSPS) is 11.0. The van der Waals surface area contributed by atoms with Crippen molar-refractivity contribution in [3.05, 3.63) is 52.5 Å². The van der Waals surface area contributed by atoms with Gasteiger partial charge in [-0.15, -0.1) is 0 Å². The van der Waals surface area contributed by atoms with Gasteiger partial charge < -0.3 is 4.74 Å². The van der Waals surface area contributed by atoms with Crippen molar-refractivity contribution in [3.63, 3.8) is 0 Å². The third kappa shape index (κ3) is 4.77. The van der Waals surface area contributed by atoms with E-state index in [9.17, 15) is 13.2 Å². The van der Waals surface area contributed by atoms with Crippen molar-refractivity contribution in [2.75, 3.05) is 16.6 Å². The fourth-order valence-corrected chi connectivity index (χ4v) is 3.12. The molecule has 2 N–H and O–H groups in total. The Bertz CT molecular complexity index is 839. The summed E-state index contributed by atoms with van der Waals surface area (Å²) in [6, 6.07) is 10.1. The van der Waals surface area contributed by atoms with Crippen molar-refractivity contribution in [1.82, 2.24) is 0 Å². The van der Waals surface area contributed by atoms with Crippen molar-refractivity contribution in [3.8, 4) is 0 Å². The monoisotopic (exact) mass is 388 g/mol. The number of sulfonamides is 1. The molecule has 24 heavy (non-hydrogen) atoms. The van der Waals surface area contributed by atoms with Gasteiger partial charge in [0.1, 0.15) is 0 Å². The number of carbonyl (C=O) groups excluding carboxylic acids is 1. The van der Waals surface area contributed by atoms with E-state index in [2.05, 4.69) is 10.0 Å². The van der Waals surface area contributed by atoms with Crippen molar-refractivity contribution in [2.24, 2.45) is 0 Å². The summed E-state index contributed by atoms with van der Waals surface area (Å²) in [5.74, 6) is 0. The van der Waals surface area contributed by atoms with Crippen LogP contribution in [0.4, 0.5) is 16.2 Å². The molecule has 2 rings (SSSR count). The predicted molar refractivity (Wildman–Crippen MR) is 94.4 cm³/mol. The second kappa shape index (κ2) is 7.74. The molecule has 6 nitrogen and oxygen atoms in total.